The van der Waals surface area contributed by atoms with E-state index in [-0.39, 0.29) is 6.10 Å². The Balaban J connectivity index is 1.63. The van der Waals surface area contributed by atoms with Crippen LogP contribution in [0.2, 0.25) is 0 Å². The number of nitrogens with zero attached hydrogens (tertiary/aromatic N) is 1. The highest BCUT2D eigenvalue weighted by Crippen LogP contribution is 2.38. The smallest absolute Gasteiger partial charge is 0.0917 e. The van der Waals surface area contributed by atoms with Gasteiger partial charge in [0.2, 0.25) is 0 Å². The molecule has 2 unspecified atom stereocenters. The highest BCUT2D eigenvalue weighted by atomic mass is 16.5. The second-order valence-electron chi connectivity index (χ2n) is 6.72. The Morgan fingerprint density at radius 3 is 2.65 bits per heavy atom. The minimum atomic E-state index is -0.383. The van der Waals surface area contributed by atoms with Crippen LogP contribution >= 0.6 is 0 Å². The molecule has 0 amide bonds. The van der Waals surface area contributed by atoms with Crippen LogP contribution in [0, 0.1) is 19.3 Å². The molecule has 20 heavy (non-hydrogen) atoms. The highest BCUT2D eigenvalue weighted by molar-refractivity contribution is 5.30. The lowest BCUT2D eigenvalue weighted by atomic mass is 9.87. The highest BCUT2D eigenvalue weighted by Gasteiger charge is 2.41. The third-order valence-corrected chi connectivity index (χ3v) is 4.76. The van der Waals surface area contributed by atoms with Crippen molar-refractivity contribution in [1.29, 1.82) is 0 Å². The number of benzene rings is 1. The monoisotopic (exact) mass is 275 g/mol. The zero-order valence-electron chi connectivity index (χ0n) is 12.6. The van der Waals surface area contributed by atoms with E-state index in [1.54, 1.807) is 0 Å². The number of hydrogen-bond acceptors (Lipinski definition) is 3. The van der Waals surface area contributed by atoms with Crippen molar-refractivity contribution in [2.45, 2.75) is 32.8 Å². The Hall–Kier alpha value is -0.900. The summed E-state index contributed by atoms with van der Waals surface area (Å²) in [6.07, 6.45) is 2.02. The molecule has 3 nitrogen and oxygen atoms in total. The summed E-state index contributed by atoms with van der Waals surface area (Å²) >= 11 is 0. The summed E-state index contributed by atoms with van der Waals surface area (Å²) in [6.45, 7) is 8.90. The molecule has 0 aromatic heterocycles. The van der Waals surface area contributed by atoms with Gasteiger partial charge in [-0.25, -0.2) is 0 Å². The van der Waals surface area contributed by atoms with Crippen molar-refractivity contribution in [1.82, 2.24) is 4.90 Å². The first kappa shape index (κ1) is 14.1. The fourth-order valence-corrected chi connectivity index (χ4v) is 3.71. The number of aryl methyl sites for hydroxylation is 2. The second-order valence-corrected chi connectivity index (χ2v) is 6.72. The molecule has 110 valence electrons. The van der Waals surface area contributed by atoms with Crippen LogP contribution in [0.5, 0.6) is 0 Å². The van der Waals surface area contributed by atoms with Gasteiger partial charge < -0.3 is 9.84 Å². The van der Waals surface area contributed by atoms with E-state index >= 15 is 0 Å². The maximum atomic E-state index is 10.5. The predicted octanol–water partition coefficient (Wildman–Crippen LogP) is 2.45. The zero-order valence-corrected chi connectivity index (χ0v) is 12.6. The molecule has 2 heterocycles. The van der Waals surface area contributed by atoms with Gasteiger partial charge in [-0.05, 0) is 38.8 Å². The average Bonchev–Trinajstić information content (AvgIpc) is 2.99. The van der Waals surface area contributed by atoms with Gasteiger partial charge in [-0.15, -0.1) is 0 Å². The van der Waals surface area contributed by atoms with E-state index in [1.165, 1.54) is 24.0 Å². The number of aliphatic hydroxyl groups is 1. The van der Waals surface area contributed by atoms with Gasteiger partial charge in [-0.3, -0.25) is 4.90 Å². The average molecular weight is 275 g/mol. The lowest BCUT2D eigenvalue weighted by Gasteiger charge is -2.24. The lowest BCUT2D eigenvalue weighted by Crippen LogP contribution is -2.30. The van der Waals surface area contributed by atoms with Crippen LogP contribution in [0.25, 0.3) is 0 Å². The van der Waals surface area contributed by atoms with Crippen LogP contribution in [0.1, 0.15) is 35.6 Å². The minimum Gasteiger partial charge on any atom is -0.387 e. The van der Waals surface area contributed by atoms with Gasteiger partial charge in [-0.2, -0.15) is 0 Å². The molecule has 1 N–H and O–H groups in total. The molecule has 3 heteroatoms. The van der Waals surface area contributed by atoms with Crippen molar-refractivity contribution in [3.8, 4) is 0 Å². The normalized spacial score (nSPS) is 28.4. The third kappa shape index (κ3) is 2.90. The molecule has 0 bridgehead atoms. The molecule has 2 fully saturated rings. The topological polar surface area (TPSA) is 32.7 Å². The largest absolute Gasteiger partial charge is 0.387 e. The van der Waals surface area contributed by atoms with Gasteiger partial charge >= 0.3 is 0 Å². The van der Waals surface area contributed by atoms with Crippen molar-refractivity contribution in [3.63, 3.8) is 0 Å². The maximum Gasteiger partial charge on any atom is 0.0917 e. The fourth-order valence-electron chi connectivity index (χ4n) is 3.71. The number of rotatable bonds is 3. The Morgan fingerprint density at radius 1 is 1.25 bits per heavy atom. The number of β-amino-alcohol motifs (C(OH)–C–C–N with tert-alkyl or cyclic N) is 1. The summed E-state index contributed by atoms with van der Waals surface area (Å²) in [5.74, 6) is 0. The van der Waals surface area contributed by atoms with Gasteiger partial charge in [0, 0.05) is 25.1 Å². The molecule has 0 aliphatic carbocycles. The van der Waals surface area contributed by atoms with Crippen LogP contribution in [-0.2, 0) is 4.74 Å². The molecule has 0 saturated carbocycles. The van der Waals surface area contributed by atoms with Crippen molar-refractivity contribution in [2.24, 2.45) is 5.41 Å². The lowest BCUT2D eigenvalue weighted by molar-refractivity contribution is 0.112. The number of hydrogen-bond donors (Lipinski definition) is 1. The van der Waals surface area contributed by atoms with Crippen molar-refractivity contribution in [3.05, 3.63) is 34.9 Å². The van der Waals surface area contributed by atoms with E-state index in [9.17, 15) is 5.11 Å². The summed E-state index contributed by atoms with van der Waals surface area (Å²) in [6, 6.07) is 6.35. The second kappa shape index (κ2) is 5.47. The molecule has 2 aliphatic rings. The molecule has 2 atom stereocenters. The van der Waals surface area contributed by atoms with Crippen LogP contribution in [-0.4, -0.2) is 42.9 Å². The van der Waals surface area contributed by atoms with Gasteiger partial charge in [0.1, 0.15) is 0 Å². The van der Waals surface area contributed by atoms with E-state index in [4.69, 9.17) is 4.74 Å². The van der Waals surface area contributed by atoms with Crippen molar-refractivity contribution >= 4 is 0 Å². The van der Waals surface area contributed by atoms with Crippen LogP contribution < -0.4 is 0 Å². The third-order valence-electron chi connectivity index (χ3n) is 4.76. The van der Waals surface area contributed by atoms with Crippen LogP contribution in [0.4, 0.5) is 0 Å². The fraction of sp³-hybridized carbons (Fsp3) is 0.647. The summed E-state index contributed by atoms with van der Waals surface area (Å²) in [5, 5.41) is 10.5. The molecule has 3 rings (SSSR count). The molecule has 1 aromatic carbocycles. The number of ether oxygens (including phenoxy) is 1. The molecular formula is C17H25NO2. The predicted molar refractivity (Wildman–Crippen MR) is 79.8 cm³/mol. The molecule has 1 aromatic rings. The van der Waals surface area contributed by atoms with E-state index in [2.05, 4.69) is 36.9 Å². The Kier molecular flexibility index (Phi) is 3.85. The van der Waals surface area contributed by atoms with E-state index in [0.29, 0.717) is 5.41 Å². The summed E-state index contributed by atoms with van der Waals surface area (Å²) in [7, 11) is 0. The number of likely N-dealkylation sites (tertiary alicyclic amines) is 1. The molecule has 2 saturated heterocycles. The Morgan fingerprint density at radius 2 is 2.00 bits per heavy atom. The van der Waals surface area contributed by atoms with Gasteiger partial charge in [0.15, 0.2) is 0 Å². The van der Waals surface area contributed by atoms with Crippen molar-refractivity contribution < 1.29 is 9.84 Å². The molecular weight excluding hydrogens is 250 g/mol. The van der Waals surface area contributed by atoms with Crippen LogP contribution in [0.3, 0.4) is 0 Å². The number of aliphatic hydroxyl groups excluding tert-OH is 1. The van der Waals surface area contributed by atoms with Gasteiger partial charge in [0.05, 0.1) is 12.7 Å². The van der Waals surface area contributed by atoms with Gasteiger partial charge in [0.25, 0.3) is 0 Å². The SMILES string of the molecule is Cc1cc(C)cc(C(O)CN2CCC3(CCOC3)C2)c1. The Labute approximate surface area is 121 Å². The first-order valence-corrected chi connectivity index (χ1v) is 7.63. The van der Waals surface area contributed by atoms with E-state index in [1.807, 2.05) is 0 Å². The maximum absolute atomic E-state index is 10.5. The van der Waals surface area contributed by atoms with Crippen LogP contribution in [0.15, 0.2) is 18.2 Å². The minimum absolute atomic E-state index is 0.377. The van der Waals surface area contributed by atoms with E-state index < -0.39 is 0 Å². The van der Waals surface area contributed by atoms with Gasteiger partial charge in [-0.1, -0.05) is 29.3 Å². The summed E-state index contributed by atoms with van der Waals surface area (Å²) in [4.78, 5) is 2.40. The quantitative estimate of drug-likeness (QED) is 0.919. The Bertz CT molecular complexity index is 460. The standard InChI is InChI=1S/C17H25NO2/c1-13-7-14(2)9-15(8-13)16(19)10-18-5-3-17(11-18)4-6-20-12-17/h7-9,16,19H,3-6,10-12H2,1-2H3. The molecule has 0 radical (unpaired) electrons. The van der Waals surface area contributed by atoms with E-state index in [0.717, 1.165) is 38.4 Å². The molecule has 1 spiro atoms. The van der Waals surface area contributed by atoms with Crippen molar-refractivity contribution in [2.75, 3.05) is 32.8 Å². The first-order chi connectivity index (χ1) is 9.56. The first-order valence-electron chi connectivity index (χ1n) is 7.63. The molecule has 2 aliphatic heterocycles. The zero-order chi connectivity index (χ0) is 14.2. The summed E-state index contributed by atoms with van der Waals surface area (Å²) < 4.78 is 5.56. The summed E-state index contributed by atoms with van der Waals surface area (Å²) in [5.41, 5.74) is 3.87.